The van der Waals surface area contributed by atoms with Crippen LogP contribution in [-0.2, 0) is 6.54 Å². The van der Waals surface area contributed by atoms with Gasteiger partial charge in [0.1, 0.15) is 0 Å². The molecule has 17 heavy (non-hydrogen) atoms. The maximum Gasteiger partial charge on any atom is 0.274 e. The van der Waals surface area contributed by atoms with E-state index in [0.717, 1.165) is 11.1 Å². The largest absolute Gasteiger partial charge is 0.359 e. The third-order valence-electron chi connectivity index (χ3n) is 1.99. The number of nitrogens with zero attached hydrogens (tertiary/aromatic N) is 4. The van der Waals surface area contributed by atoms with Crippen LogP contribution >= 0.6 is 22.9 Å². The van der Waals surface area contributed by atoms with Crippen LogP contribution in [0.15, 0.2) is 18.2 Å². The quantitative estimate of drug-likeness (QED) is 0.607. The number of aromatic nitrogens is 1. The van der Waals surface area contributed by atoms with E-state index in [0.29, 0.717) is 16.8 Å². The van der Waals surface area contributed by atoms with E-state index in [1.165, 1.54) is 11.3 Å². The van der Waals surface area contributed by atoms with E-state index < -0.39 is 4.92 Å². The molecular formula is C9H13ClN4O2S. The predicted octanol–water partition coefficient (Wildman–Crippen LogP) is 1.87. The highest BCUT2D eigenvalue weighted by Gasteiger charge is 2.13. The van der Waals surface area contributed by atoms with Gasteiger partial charge in [-0.05, 0) is 0 Å². The fourth-order valence-corrected chi connectivity index (χ4v) is 2.35. The van der Waals surface area contributed by atoms with Crippen LogP contribution in [0, 0.1) is 10.1 Å². The van der Waals surface area contributed by atoms with Gasteiger partial charge in [0, 0.05) is 32.2 Å². The van der Waals surface area contributed by atoms with E-state index in [2.05, 4.69) is 4.98 Å². The molecule has 0 unspecified atom stereocenters. The summed E-state index contributed by atoms with van der Waals surface area (Å²) in [6.07, 6.45) is 2.64. The summed E-state index contributed by atoms with van der Waals surface area (Å²) in [7, 11) is 5.29. The summed E-state index contributed by atoms with van der Waals surface area (Å²) in [5, 5.41) is 10.5. The molecule has 0 N–H and O–H groups in total. The Morgan fingerprint density at radius 3 is 2.71 bits per heavy atom. The van der Waals surface area contributed by atoms with Gasteiger partial charge in [-0.25, -0.2) is 4.98 Å². The van der Waals surface area contributed by atoms with Crippen LogP contribution in [0.3, 0.4) is 0 Å². The lowest BCUT2D eigenvalue weighted by atomic mass is 10.4. The fourth-order valence-electron chi connectivity index (χ4n) is 1.32. The summed E-state index contributed by atoms with van der Waals surface area (Å²) >= 11 is 7.09. The Labute approximate surface area is 108 Å². The number of halogens is 1. The molecule has 0 aromatic carbocycles. The van der Waals surface area contributed by atoms with Gasteiger partial charge in [-0.1, -0.05) is 11.6 Å². The minimum atomic E-state index is -0.467. The first-order valence-corrected chi connectivity index (χ1v) is 5.93. The van der Waals surface area contributed by atoms with Gasteiger partial charge in [0.05, 0.1) is 11.5 Å². The SMILES string of the molecule is CN(C)C(=C[N+](=O)[O-])N(C)Cc1cnc(Cl)s1. The highest BCUT2D eigenvalue weighted by molar-refractivity contribution is 7.15. The lowest BCUT2D eigenvalue weighted by molar-refractivity contribution is -0.405. The van der Waals surface area contributed by atoms with E-state index >= 15 is 0 Å². The summed E-state index contributed by atoms with van der Waals surface area (Å²) in [5.41, 5.74) is 0. The standard InChI is InChI=1S/C9H13ClN4O2S/c1-12(2)8(6-14(15)16)13(3)5-7-4-11-9(10)17-7/h4,6H,5H2,1-3H3. The van der Waals surface area contributed by atoms with Gasteiger partial charge >= 0.3 is 0 Å². The van der Waals surface area contributed by atoms with Crippen molar-refractivity contribution in [1.29, 1.82) is 0 Å². The number of hydrogen-bond acceptors (Lipinski definition) is 6. The molecule has 0 spiro atoms. The summed E-state index contributed by atoms with van der Waals surface area (Å²) in [6.45, 7) is 0.530. The molecule has 0 amide bonds. The molecule has 1 rings (SSSR count). The summed E-state index contributed by atoms with van der Waals surface area (Å²) < 4.78 is 0.470. The van der Waals surface area contributed by atoms with E-state index in [1.807, 2.05) is 0 Å². The van der Waals surface area contributed by atoms with Crippen molar-refractivity contribution in [2.75, 3.05) is 21.1 Å². The van der Waals surface area contributed by atoms with E-state index in [-0.39, 0.29) is 0 Å². The van der Waals surface area contributed by atoms with Gasteiger partial charge in [0.2, 0.25) is 0 Å². The highest BCUT2D eigenvalue weighted by Crippen LogP contribution is 2.20. The fraction of sp³-hybridized carbons (Fsp3) is 0.444. The average molecular weight is 277 g/mol. The third kappa shape index (κ3) is 4.20. The van der Waals surface area contributed by atoms with Crippen molar-refractivity contribution in [2.45, 2.75) is 6.54 Å². The number of nitro groups is 1. The van der Waals surface area contributed by atoms with Crippen LogP contribution in [0.25, 0.3) is 0 Å². The second-order valence-electron chi connectivity index (χ2n) is 3.60. The maximum absolute atomic E-state index is 10.5. The molecule has 1 aromatic rings. The first-order chi connectivity index (χ1) is 7.90. The summed E-state index contributed by atoms with van der Waals surface area (Å²) in [4.78, 5) is 18.4. The van der Waals surface area contributed by atoms with E-state index in [9.17, 15) is 10.1 Å². The van der Waals surface area contributed by atoms with Crippen LogP contribution in [0.1, 0.15) is 4.88 Å². The van der Waals surface area contributed by atoms with Crippen molar-refractivity contribution in [1.82, 2.24) is 14.8 Å². The van der Waals surface area contributed by atoms with Crippen molar-refractivity contribution in [3.8, 4) is 0 Å². The van der Waals surface area contributed by atoms with Crippen LogP contribution in [-0.4, -0.2) is 40.9 Å². The molecule has 0 aliphatic carbocycles. The predicted molar refractivity (Wildman–Crippen MR) is 67.4 cm³/mol. The van der Waals surface area contributed by atoms with Gasteiger partial charge in [-0.15, -0.1) is 11.3 Å². The van der Waals surface area contributed by atoms with Gasteiger partial charge in [-0.2, -0.15) is 0 Å². The lowest BCUT2D eigenvalue weighted by Gasteiger charge is -2.25. The molecule has 0 bridgehead atoms. The Hall–Kier alpha value is -1.34. The van der Waals surface area contributed by atoms with Crippen LogP contribution in [0.2, 0.25) is 4.47 Å². The molecule has 1 aromatic heterocycles. The Kier molecular flexibility index (Phi) is 4.71. The Bertz CT molecular complexity index is 432. The second-order valence-corrected chi connectivity index (χ2v) is 5.30. The lowest BCUT2D eigenvalue weighted by Crippen LogP contribution is -2.28. The molecule has 0 aliphatic rings. The van der Waals surface area contributed by atoms with Crippen molar-refractivity contribution in [3.05, 3.63) is 37.7 Å². The topological polar surface area (TPSA) is 62.5 Å². The van der Waals surface area contributed by atoms with Crippen molar-refractivity contribution < 1.29 is 4.92 Å². The number of rotatable bonds is 5. The van der Waals surface area contributed by atoms with Crippen molar-refractivity contribution in [3.63, 3.8) is 0 Å². The van der Waals surface area contributed by atoms with Gasteiger partial charge in [-0.3, -0.25) is 10.1 Å². The highest BCUT2D eigenvalue weighted by atomic mass is 35.5. The third-order valence-corrected chi connectivity index (χ3v) is 3.09. The molecule has 0 radical (unpaired) electrons. The molecule has 1 heterocycles. The zero-order valence-electron chi connectivity index (χ0n) is 9.75. The van der Waals surface area contributed by atoms with Gasteiger partial charge in [0.15, 0.2) is 10.3 Å². The molecular weight excluding hydrogens is 264 g/mol. The van der Waals surface area contributed by atoms with Crippen molar-refractivity contribution in [2.24, 2.45) is 0 Å². The zero-order valence-corrected chi connectivity index (χ0v) is 11.3. The van der Waals surface area contributed by atoms with Gasteiger partial charge in [0.25, 0.3) is 6.20 Å². The minimum Gasteiger partial charge on any atom is -0.359 e. The molecule has 0 aliphatic heterocycles. The number of hydrogen-bond donors (Lipinski definition) is 0. The second kappa shape index (κ2) is 5.83. The minimum absolute atomic E-state index is 0.467. The Morgan fingerprint density at radius 2 is 2.29 bits per heavy atom. The maximum atomic E-state index is 10.5. The van der Waals surface area contributed by atoms with Crippen LogP contribution in [0.4, 0.5) is 0 Å². The first kappa shape index (κ1) is 13.7. The Balaban J connectivity index is 2.79. The smallest absolute Gasteiger partial charge is 0.274 e. The summed E-state index contributed by atoms with van der Waals surface area (Å²) in [5.74, 6) is 0.513. The Morgan fingerprint density at radius 1 is 1.65 bits per heavy atom. The first-order valence-electron chi connectivity index (χ1n) is 4.74. The molecule has 0 saturated heterocycles. The summed E-state index contributed by atoms with van der Waals surface area (Å²) in [6, 6.07) is 0. The van der Waals surface area contributed by atoms with Crippen LogP contribution in [0.5, 0.6) is 0 Å². The monoisotopic (exact) mass is 276 g/mol. The average Bonchev–Trinajstić information content (AvgIpc) is 2.59. The molecule has 8 heteroatoms. The van der Waals surface area contributed by atoms with Crippen molar-refractivity contribution >= 4 is 22.9 Å². The molecule has 6 nitrogen and oxygen atoms in total. The molecule has 0 atom stereocenters. The number of thiazole rings is 1. The van der Waals surface area contributed by atoms with E-state index in [4.69, 9.17) is 11.6 Å². The normalized spacial score (nSPS) is 11.4. The van der Waals surface area contributed by atoms with Crippen LogP contribution < -0.4 is 0 Å². The van der Waals surface area contributed by atoms with Gasteiger partial charge < -0.3 is 9.80 Å². The molecule has 0 fully saturated rings. The zero-order chi connectivity index (χ0) is 13.0. The van der Waals surface area contributed by atoms with E-state index in [1.54, 1.807) is 37.1 Å². The molecule has 94 valence electrons. The molecule has 0 saturated carbocycles.